The number of benzene rings is 1. The van der Waals surface area contributed by atoms with Crippen molar-refractivity contribution in [2.45, 2.75) is 37.9 Å². The fraction of sp³-hybridized carbons (Fsp3) is 0.471. The van der Waals surface area contributed by atoms with Gasteiger partial charge in [0.1, 0.15) is 5.75 Å². The zero-order chi connectivity index (χ0) is 17.7. The normalized spacial score (nSPS) is 11.4. The van der Waals surface area contributed by atoms with Gasteiger partial charge < -0.3 is 14.6 Å². The van der Waals surface area contributed by atoms with Gasteiger partial charge in [-0.25, -0.2) is 0 Å². The Morgan fingerprint density at radius 1 is 1.29 bits per heavy atom. The molecule has 7 heteroatoms. The number of hydrogen-bond donors (Lipinski definition) is 1. The van der Waals surface area contributed by atoms with Gasteiger partial charge in [-0.2, -0.15) is 0 Å². The summed E-state index contributed by atoms with van der Waals surface area (Å²) in [5.41, 5.74) is 0.764. The molecule has 0 bridgehead atoms. The number of nitrogens with zero attached hydrogens (tertiary/aromatic N) is 3. The highest BCUT2D eigenvalue weighted by atomic mass is 32.2. The van der Waals surface area contributed by atoms with Gasteiger partial charge in [-0.05, 0) is 44.5 Å². The Kier molecular flexibility index (Phi) is 5.88. The number of methoxy groups -OCH3 is 1. The number of aromatic nitrogens is 3. The van der Waals surface area contributed by atoms with Crippen LogP contribution in [0.5, 0.6) is 5.75 Å². The summed E-state index contributed by atoms with van der Waals surface area (Å²) in [4.78, 5) is 12.0. The molecule has 1 aromatic heterocycles. The van der Waals surface area contributed by atoms with Crippen molar-refractivity contribution in [1.82, 2.24) is 20.1 Å². The van der Waals surface area contributed by atoms with E-state index < -0.39 is 0 Å². The standard InChI is InChI=1S/C17H24N4O2S/c1-6-17(2,3)18-14(22)11-24-16-20-19-15(21(16)4)12-7-9-13(23-5)10-8-12/h7-10H,6,11H2,1-5H3,(H,18,22). The van der Waals surface area contributed by atoms with Gasteiger partial charge in [-0.1, -0.05) is 18.7 Å². The molecule has 2 rings (SSSR count). The van der Waals surface area contributed by atoms with Crippen molar-refractivity contribution in [2.75, 3.05) is 12.9 Å². The lowest BCUT2D eigenvalue weighted by atomic mass is 10.0. The molecule has 0 saturated carbocycles. The van der Waals surface area contributed by atoms with Crippen LogP contribution in [0.1, 0.15) is 27.2 Å². The number of carbonyl (C=O) groups excluding carboxylic acids is 1. The second-order valence-corrected chi connectivity index (χ2v) is 7.11. The van der Waals surface area contributed by atoms with E-state index in [2.05, 4.69) is 22.4 Å². The Balaban J connectivity index is 2.03. The first-order chi connectivity index (χ1) is 11.4. The molecule has 1 N–H and O–H groups in total. The van der Waals surface area contributed by atoms with Gasteiger partial charge in [-0.15, -0.1) is 10.2 Å². The van der Waals surface area contributed by atoms with E-state index in [1.807, 2.05) is 49.7 Å². The van der Waals surface area contributed by atoms with Gasteiger partial charge in [0.05, 0.1) is 12.9 Å². The molecule has 1 aromatic carbocycles. The average molecular weight is 348 g/mol. The number of hydrogen-bond acceptors (Lipinski definition) is 5. The molecular weight excluding hydrogens is 324 g/mol. The lowest BCUT2D eigenvalue weighted by Crippen LogP contribution is -2.43. The molecule has 0 fully saturated rings. The van der Waals surface area contributed by atoms with Crippen LogP contribution in [0, 0.1) is 0 Å². The number of rotatable bonds is 7. The zero-order valence-electron chi connectivity index (χ0n) is 14.8. The summed E-state index contributed by atoms with van der Waals surface area (Å²) in [6, 6.07) is 7.65. The van der Waals surface area contributed by atoms with Crippen LogP contribution in [0.25, 0.3) is 11.4 Å². The van der Waals surface area contributed by atoms with E-state index in [4.69, 9.17) is 4.74 Å². The van der Waals surface area contributed by atoms with Gasteiger partial charge in [0, 0.05) is 18.2 Å². The minimum Gasteiger partial charge on any atom is -0.497 e. The molecular formula is C17H24N4O2S. The first-order valence-corrected chi connectivity index (χ1v) is 8.82. The summed E-state index contributed by atoms with van der Waals surface area (Å²) < 4.78 is 7.06. The highest BCUT2D eigenvalue weighted by Gasteiger charge is 2.19. The van der Waals surface area contributed by atoms with Crippen molar-refractivity contribution >= 4 is 17.7 Å². The highest BCUT2D eigenvalue weighted by Crippen LogP contribution is 2.24. The third kappa shape index (κ3) is 4.50. The summed E-state index contributed by atoms with van der Waals surface area (Å²) in [5, 5.41) is 12.1. The minimum absolute atomic E-state index is 0.000785. The van der Waals surface area contributed by atoms with Crippen molar-refractivity contribution in [1.29, 1.82) is 0 Å². The molecule has 2 aromatic rings. The first kappa shape index (κ1) is 18.3. The molecule has 0 unspecified atom stereocenters. The van der Waals surface area contributed by atoms with Crippen LogP contribution in [-0.2, 0) is 11.8 Å². The Morgan fingerprint density at radius 2 is 1.96 bits per heavy atom. The lowest BCUT2D eigenvalue weighted by molar-refractivity contribution is -0.120. The maximum atomic E-state index is 12.0. The van der Waals surface area contributed by atoms with E-state index in [0.29, 0.717) is 10.9 Å². The third-order valence-electron chi connectivity index (χ3n) is 3.88. The minimum atomic E-state index is -0.189. The molecule has 0 atom stereocenters. The maximum Gasteiger partial charge on any atom is 0.230 e. The average Bonchev–Trinajstić information content (AvgIpc) is 2.93. The monoisotopic (exact) mass is 348 g/mol. The Bertz CT molecular complexity index is 695. The van der Waals surface area contributed by atoms with Crippen LogP contribution in [-0.4, -0.2) is 39.1 Å². The van der Waals surface area contributed by atoms with Gasteiger partial charge in [0.25, 0.3) is 0 Å². The molecule has 1 heterocycles. The number of amides is 1. The summed E-state index contributed by atoms with van der Waals surface area (Å²) in [6.07, 6.45) is 0.884. The predicted molar refractivity (Wildman–Crippen MR) is 96.2 cm³/mol. The van der Waals surface area contributed by atoms with Crippen LogP contribution in [0.3, 0.4) is 0 Å². The molecule has 0 aliphatic rings. The van der Waals surface area contributed by atoms with E-state index in [1.165, 1.54) is 11.8 Å². The zero-order valence-corrected chi connectivity index (χ0v) is 15.6. The lowest BCUT2D eigenvalue weighted by Gasteiger charge is -2.24. The summed E-state index contributed by atoms with van der Waals surface area (Å²) in [7, 11) is 3.53. The molecule has 0 saturated heterocycles. The van der Waals surface area contributed by atoms with Gasteiger partial charge >= 0.3 is 0 Å². The number of thioether (sulfide) groups is 1. The van der Waals surface area contributed by atoms with Crippen LogP contribution < -0.4 is 10.1 Å². The summed E-state index contributed by atoms with van der Waals surface area (Å²) >= 11 is 1.38. The Labute approximate surface area is 147 Å². The third-order valence-corrected chi connectivity index (χ3v) is 4.90. The van der Waals surface area contributed by atoms with Crippen LogP contribution in [0.4, 0.5) is 0 Å². The molecule has 1 amide bonds. The van der Waals surface area contributed by atoms with Gasteiger partial charge in [0.2, 0.25) is 5.91 Å². The van der Waals surface area contributed by atoms with Gasteiger partial charge in [0.15, 0.2) is 11.0 Å². The molecule has 24 heavy (non-hydrogen) atoms. The van der Waals surface area contributed by atoms with Crippen LogP contribution in [0.2, 0.25) is 0 Å². The van der Waals surface area contributed by atoms with Crippen molar-refractivity contribution in [3.63, 3.8) is 0 Å². The topological polar surface area (TPSA) is 69.0 Å². The van der Waals surface area contributed by atoms with Crippen molar-refractivity contribution < 1.29 is 9.53 Å². The second-order valence-electron chi connectivity index (χ2n) is 6.17. The van der Waals surface area contributed by atoms with E-state index in [0.717, 1.165) is 23.6 Å². The molecule has 0 spiro atoms. The number of nitrogens with one attached hydrogen (secondary N) is 1. The van der Waals surface area contributed by atoms with E-state index >= 15 is 0 Å². The number of ether oxygens (including phenoxy) is 1. The van der Waals surface area contributed by atoms with E-state index in [-0.39, 0.29) is 11.4 Å². The fourth-order valence-corrected chi connectivity index (χ4v) is 2.78. The molecule has 0 aliphatic carbocycles. The van der Waals surface area contributed by atoms with Crippen molar-refractivity contribution in [3.8, 4) is 17.1 Å². The molecule has 0 radical (unpaired) electrons. The Hall–Kier alpha value is -2.02. The van der Waals surface area contributed by atoms with Gasteiger partial charge in [-0.3, -0.25) is 4.79 Å². The van der Waals surface area contributed by atoms with Crippen LogP contribution >= 0.6 is 11.8 Å². The second kappa shape index (κ2) is 7.70. The van der Waals surface area contributed by atoms with Crippen molar-refractivity contribution in [2.24, 2.45) is 7.05 Å². The number of carbonyl (C=O) groups is 1. The molecule has 130 valence electrons. The summed E-state index contributed by atoms with van der Waals surface area (Å²) in [6.45, 7) is 6.08. The Morgan fingerprint density at radius 3 is 2.54 bits per heavy atom. The maximum absolute atomic E-state index is 12.0. The molecule has 0 aliphatic heterocycles. The summed E-state index contributed by atoms with van der Waals surface area (Å²) in [5.74, 6) is 1.87. The fourth-order valence-electron chi connectivity index (χ4n) is 2.06. The van der Waals surface area contributed by atoms with E-state index in [1.54, 1.807) is 7.11 Å². The highest BCUT2D eigenvalue weighted by molar-refractivity contribution is 7.99. The predicted octanol–water partition coefficient (Wildman–Crippen LogP) is 2.89. The molecule has 6 nitrogen and oxygen atoms in total. The first-order valence-electron chi connectivity index (χ1n) is 7.84. The van der Waals surface area contributed by atoms with Crippen LogP contribution in [0.15, 0.2) is 29.4 Å². The van der Waals surface area contributed by atoms with Crippen molar-refractivity contribution in [3.05, 3.63) is 24.3 Å². The quantitative estimate of drug-likeness (QED) is 0.779. The SMILES string of the molecule is CCC(C)(C)NC(=O)CSc1nnc(-c2ccc(OC)cc2)n1C. The van der Waals surface area contributed by atoms with E-state index in [9.17, 15) is 4.79 Å². The largest absolute Gasteiger partial charge is 0.497 e. The smallest absolute Gasteiger partial charge is 0.230 e.